The first-order valence-corrected chi connectivity index (χ1v) is 8.39. The van der Waals surface area contributed by atoms with Gasteiger partial charge in [0.2, 0.25) is 0 Å². The van der Waals surface area contributed by atoms with E-state index in [0.29, 0.717) is 6.04 Å². The molecule has 0 spiro atoms. The first-order chi connectivity index (χ1) is 9.37. The third kappa shape index (κ3) is 4.31. The molecule has 1 aliphatic rings. The second-order valence-electron chi connectivity index (χ2n) is 7.04. The second-order valence-corrected chi connectivity index (χ2v) is 7.90. The Morgan fingerprint density at radius 3 is 2.70 bits per heavy atom. The summed E-state index contributed by atoms with van der Waals surface area (Å²) in [6.07, 6.45) is 1.26. The molecular formula is C17H27BrN2. The van der Waals surface area contributed by atoms with Crippen molar-refractivity contribution in [2.24, 2.45) is 5.92 Å². The molecule has 2 nitrogen and oxygen atoms in total. The van der Waals surface area contributed by atoms with Gasteiger partial charge in [-0.2, -0.15) is 0 Å². The SMILES string of the molecule is CC(C)CC1CNC(C)(C)CN1Cc1ccccc1Br. The Balaban J connectivity index is 2.13. The van der Waals surface area contributed by atoms with Gasteiger partial charge in [0.1, 0.15) is 0 Å². The molecule has 1 heterocycles. The fourth-order valence-corrected chi connectivity index (χ4v) is 3.43. The molecule has 1 aromatic rings. The number of rotatable bonds is 4. The maximum absolute atomic E-state index is 3.69. The van der Waals surface area contributed by atoms with Crippen molar-refractivity contribution >= 4 is 15.9 Å². The highest BCUT2D eigenvalue weighted by molar-refractivity contribution is 9.10. The lowest BCUT2D eigenvalue weighted by molar-refractivity contribution is 0.0758. The maximum Gasteiger partial charge on any atom is 0.0253 e. The summed E-state index contributed by atoms with van der Waals surface area (Å²) in [5.74, 6) is 0.740. The van der Waals surface area contributed by atoms with E-state index in [1.165, 1.54) is 16.5 Å². The Labute approximate surface area is 132 Å². The van der Waals surface area contributed by atoms with Gasteiger partial charge in [0.05, 0.1) is 0 Å². The highest BCUT2D eigenvalue weighted by atomic mass is 79.9. The average molecular weight is 339 g/mol. The zero-order valence-electron chi connectivity index (χ0n) is 13.1. The van der Waals surface area contributed by atoms with Crippen LogP contribution in [0.2, 0.25) is 0 Å². The van der Waals surface area contributed by atoms with Crippen LogP contribution in [0.1, 0.15) is 39.7 Å². The minimum absolute atomic E-state index is 0.203. The summed E-state index contributed by atoms with van der Waals surface area (Å²) in [6.45, 7) is 12.5. The summed E-state index contributed by atoms with van der Waals surface area (Å²) >= 11 is 3.68. The molecule has 1 saturated heterocycles. The highest BCUT2D eigenvalue weighted by Crippen LogP contribution is 2.25. The van der Waals surface area contributed by atoms with Crippen LogP contribution in [-0.2, 0) is 6.54 Å². The van der Waals surface area contributed by atoms with Crippen molar-refractivity contribution in [1.82, 2.24) is 10.2 Å². The molecule has 0 radical (unpaired) electrons. The number of nitrogens with zero attached hydrogens (tertiary/aromatic N) is 1. The molecule has 1 N–H and O–H groups in total. The number of piperazine rings is 1. The van der Waals surface area contributed by atoms with E-state index >= 15 is 0 Å². The van der Waals surface area contributed by atoms with E-state index in [1.807, 2.05) is 0 Å². The van der Waals surface area contributed by atoms with E-state index in [9.17, 15) is 0 Å². The van der Waals surface area contributed by atoms with Crippen molar-refractivity contribution in [3.8, 4) is 0 Å². The smallest absolute Gasteiger partial charge is 0.0253 e. The molecule has 1 aliphatic heterocycles. The number of hydrogen-bond acceptors (Lipinski definition) is 2. The predicted octanol–water partition coefficient (Wildman–Crippen LogP) is 4.05. The van der Waals surface area contributed by atoms with Gasteiger partial charge in [-0.1, -0.05) is 48.0 Å². The van der Waals surface area contributed by atoms with Crippen LogP contribution in [0.5, 0.6) is 0 Å². The molecule has 0 bridgehead atoms. The molecule has 0 aliphatic carbocycles. The van der Waals surface area contributed by atoms with Crippen molar-refractivity contribution in [1.29, 1.82) is 0 Å². The molecule has 2 rings (SSSR count). The van der Waals surface area contributed by atoms with Gasteiger partial charge in [-0.3, -0.25) is 4.90 Å². The summed E-state index contributed by atoms with van der Waals surface area (Å²) in [4.78, 5) is 2.65. The Morgan fingerprint density at radius 1 is 1.35 bits per heavy atom. The summed E-state index contributed by atoms with van der Waals surface area (Å²) in [7, 11) is 0. The average Bonchev–Trinajstić information content (AvgIpc) is 2.35. The monoisotopic (exact) mass is 338 g/mol. The molecule has 1 unspecified atom stereocenters. The summed E-state index contributed by atoms with van der Waals surface area (Å²) < 4.78 is 1.22. The van der Waals surface area contributed by atoms with Crippen molar-refractivity contribution in [2.75, 3.05) is 13.1 Å². The van der Waals surface area contributed by atoms with Crippen molar-refractivity contribution in [2.45, 2.75) is 52.2 Å². The zero-order chi connectivity index (χ0) is 14.8. The molecule has 1 fully saturated rings. The minimum atomic E-state index is 0.203. The van der Waals surface area contributed by atoms with E-state index in [0.717, 1.165) is 25.6 Å². The highest BCUT2D eigenvalue weighted by Gasteiger charge is 2.32. The number of nitrogens with one attached hydrogen (secondary N) is 1. The van der Waals surface area contributed by atoms with Crippen LogP contribution in [0.3, 0.4) is 0 Å². The van der Waals surface area contributed by atoms with Gasteiger partial charge in [-0.25, -0.2) is 0 Å². The number of benzene rings is 1. The third-order valence-electron chi connectivity index (χ3n) is 4.01. The number of halogens is 1. The topological polar surface area (TPSA) is 15.3 Å². The lowest BCUT2D eigenvalue weighted by atomic mass is 9.93. The Kier molecular flexibility index (Phi) is 5.27. The van der Waals surface area contributed by atoms with E-state index in [4.69, 9.17) is 0 Å². The van der Waals surface area contributed by atoms with Crippen LogP contribution in [0.25, 0.3) is 0 Å². The fraction of sp³-hybridized carbons (Fsp3) is 0.647. The van der Waals surface area contributed by atoms with E-state index in [1.54, 1.807) is 0 Å². The maximum atomic E-state index is 3.69. The predicted molar refractivity (Wildman–Crippen MR) is 89.9 cm³/mol. The van der Waals surface area contributed by atoms with Gasteiger partial charge in [0, 0.05) is 35.7 Å². The second kappa shape index (κ2) is 6.59. The third-order valence-corrected chi connectivity index (χ3v) is 4.78. The quantitative estimate of drug-likeness (QED) is 0.890. The van der Waals surface area contributed by atoms with Crippen LogP contribution in [0, 0.1) is 5.92 Å². The molecule has 0 aromatic heterocycles. The molecule has 1 aromatic carbocycles. The molecule has 112 valence electrons. The first kappa shape index (κ1) is 16.0. The van der Waals surface area contributed by atoms with E-state index < -0.39 is 0 Å². The van der Waals surface area contributed by atoms with Gasteiger partial charge in [-0.15, -0.1) is 0 Å². The van der Waals surface area contributed by atoms with Crippen LogP contribution >= 0.6 is 15.9 Å². The van der Waals surface area contributed by atoms with Gasteiger partial charge >= 0.3 is 0 Å². The van der Waals surface area contributed by atoms with Crippen LogP contribution in [0.15, 0.2) is 28.7 Å². The lowest BCUT2D eigenvalue weighted by Gasteiger charge is -2.45. The fourth-order valence-electron chi connectivity index (χ4n) is 3.02. The Hall–Kier alpha value is -0.380. The summed E-state index contributed by atoms with van der Waals surface area (Å²) in [5.41, 5.74) is 1.59. The minimum Gasteiger partial charge on any atom is -0.309 e. The number of hydrogen-bond donors (Lipinski definition) is 1. The molecule has 0 saturated carbocycles. The normalized spacial score (nSPS) is 23.2. The van der Waals surface area contributed by atoms with E-state index in [-0.39, 0.29) is 5.54 Å². The van der Waals surface area contributed by atoms with Crippen molar-refractivity contribution < 1.29 is 0 Å². The van der Waals surface area contributed by atoms with Gasteiger partial charge in [0.15, 0.2) is 0 Å². The summed E-state index contributed by atoms with van der Waals surface area (Å²) in [6, 6.07) is 9.22. The van der Waals surface area contributed by atoms with Gasteiger partial charge in [-0.05, 0) is 37.8 Å². The zero-order valence-corrected chi connectivity index (χ0v) is 14.7. The molecule has 0 amide bonds. The Bertz CT molecular complexity index is 442. The lowest BCUT2D eigenvalue weighted by Crippen LogP contribution is -2.61. The first-order valence-electron chi connectivity index (χ1n) is 7.60. The molecule has 20 heavy (non-hydrogen) atoms. The molecule has 1 atom stereocenters. The summed E-state index contributed by atoms with van der Waals surface area (Å²) in [5, 5.41) is 3.69. The largest absolute Gasteiger partial charge is 0.309 e. The Morgan fingerprint density at radius 2 is 2.05 bits per heavy atom. The molecular weight excluding hydrogens is 312 g/mol. The van der Waals surface area contributed by atoms with Crippen LogP contribution < -0.4 is 5.32 Å². The van der Waals surface area contributed by atoms with Gasteiger partial charge in [0.25, 0.3) is 0 Å². The van der Waals surface area contributed by atoms with Crippen LogP contribution in [0.4, 0.5) is 0 Å². The van der Waals surface area contributed by atoms with Crippen molar-refractivity contribution in [3.05, 3.63) is 34.3 Å². The standard InChI is InChI=1S/C17H27BrN2/c1-13(2)9-15-10-19-17(3,4)12-20(15)11-14-7-5-6-8-16(14)18/h5-8,13,15,19H,9-12H2,1-4H3. The van der Waals surface area contributed by atoms with Gasteiger partial charge < -0.3 is 5.32 Å². The van der Waals surface area contributed by atoms with Crippen LogP contribution in [-0.4, -0.2) is 29.6 Å². The van der Waals surface area contributed by atoms with E-state index in [2.05, 4.69) is 78.1 Å². The molecule has 3 heteroatoms. The van der Waals surface area contributed by atoms with Crippen molar-refractivity contribution in [3.63, 3.8) is 0 Å².